The van der Waals surface area contributed by atoms with Gasteiger partial charge in [0.2, 0.25) is 0 Å². The zero-order valence-corrected chi connectivity index (χ0v) is 10.7. The topological polar surface area (TPSA) is 46.5 Å². The van der Waals surface area contributed by atoms with Gasteiger partial charge >= 0.3 is 0 Å². The van der Waals surface area contributed by atoms with Gasteiger partial charge in [-0.25, -0.2) is 4.39 Å². The molecule has 0 bridgehead atoms. The molecule has 3 heterocycles. The van der Waals surface area contributed by atoms with Crippen molar-refractivity contribution in [2.24, 2.45) is 7.05 Å². The van der Waals surface area contributed by atoms with Gasteiger partial charge in [-0.3, -0.25) is 9.67 Å². The highest BCUT2D eigenvalue weighted by Gasteiger charge is 2.14. The van der Waals surface area contributed by atoms with Gasteiger partial charge in [0.25, 0.3) is 0 Å². The molecule has 19 heavy (non-hydrogen) atoms. The van der Waals surface area contributed by atoms with Gasteiger partial charge in [0.1, 0.15) is 11.5 Å². The molecule has 0 unspecified atom stereocenters. The Hall–Kier alpha value is -2.43. The standard InChI is InChI=1S/C14H13FN4/c1-9-5-10(6-16-9)12-8-19(2)18-14(12)13-4-3-11(15)7-17-13/h3-8,16H,1-2H3. The van der Waals surface area contributed by atoms with Crippen LogP contribution >= 0.6 is 0 Å². The number of hydrogen-bond acceptors (Lipinski definition) is 2. The first kappa shape index (κ1) is 11.6. The van der Waals surface area contributed by atoms with E-state index in [1.165, 1.54) is 12.3 Å². The highest BCUT2D eigenvalue weighted by molar-refractivity contribution is 5.78. The lowest BCUT2D eigenvalue weighted by Crippen LogP contribution is -1.90. The molecular weight excluding hydrogens is 243 g/mol. The van der Waals surface area contributed by atoms with Crippen molar-refractivity contribution in [1.29, 1.82) is 0 Å². The molecule has 0 aromatic carbocycles. The monoisotopic (exact) mass is 256 g/mol. The first-order valence-electron chi connectivity index (χ1n) is 5.94. The van der Waals surface area contributed by atoms with Gasteiger partial charge in [0.05, 0.1) is 11.9 Å². The highest BCUT2D eigenvalue weighted by Crippen LogP contribution is 2.30. The summed E-state index contributed by atoms with van der Waals surface area (Å²) in [6, 6.07) is 5.08. The van der Waals surface area contributed by atoms with E-state index < -0.39 is 0 Å². The molecular formula is C14H13FN4. The van der Waals surface area contributed by atoms with Gasteiger partial charge in [-0.05, 0) is 25.1 Å². The van der Waals surface area contributed by atoms with E-state index in [0.717, 1.165) is 22.5 Å². The fourth-order valence-corrected chi connectivity index (χ4v) is 2.07. The van der Waals surface area contributed by atoms with Crippen LogP contribution in [0.1, 0.15) is 5.69 Å². The lowest BCUT2D eigenvalue weighted by molar-refractivity contribution is 0.621. The molecule has 0 aliphatic rings. The Morgan fingerprint density at radius 2 is 2.16 bits per heavy atom. The summed E-state index contributed by atoms with van der Waals surface area (Å²) in [5.41, 5.74) is 4.52. The van der Waals surface area contributed by atoms with Gasteiger partial charge < -0.3 is 4.98 Å². The fourth-order valence-electron chi connectivity index (χ4n) is 2.07. The van der Waals surface area contributed by atoms with Crippen LogP contribution in [-0.2, 0) is 7.05 Å². The van der Waals surface area contributed by atoms with Crippen molar-refractivity contribution in [3.05, 3.63) is 48.3 Å². The van der Waals surface area contributed by atoms with Crippen LogP contribution in [0, 0.1) is 12.7 Å². The van der Waals surface area contributed by atoms with Crippen molar-refractivity contribution in [2.75, 3.05) is 0 Å². The zero-order chi connectivity index (χ0) is 13.4. The summed E-state index contributed by atoms with van der Waals surface area (Å²) in [4.78, 5) is 7.24. The summed E-state index contributed by atoms with van der Waals surface area (Å²) in [6.45, 7) is 2.00. The third-order valence-electron chi connectivity index (χ3n) is 2.94. The Bertz CT molecular complexity index is 709. The van der Waals surface area contributed by atoms with Crippen molar-refractivity contribution in [1.82, 2.24) is 19.7 Å². The average Bonchev–Trinajstić information content (AvgIpc) is 2.96. The van der Waals surface area contributed by atoms with E-state index in [0.29, 0.717) is 5.69 Å². The number of hydrogen-bond donors (Lipinski definition) is 1. The maximum absolute atomic E-state index is 12.9. The molecule has 0 saturated carbocycles. The van der Waals surface area contributed by atoms with E-state index in [-0.39, 0.29) is 5.82 Å². The van der Waals surface area contributed by atoms with E-state index in [9.17, 15) is 4.39 Å². The molecule has 0 spiro atoms. The van der Waals surface area contributed by atoms with Crippen LogP contribution in [-0.4, -0.2) is 19.7 Å². The minimum Gasteiger partial charge on any atom is -0.365 e. The summed E-state index contributed by atoms with van der Waals surface area (Å²) < 4.78 is 14.7. The number of rotatable bonds is 2. The van der Waals surface area contributed by atoms with Crippen LogP contribution in [0.3, 0.4) is 0 Å². The predicted octanol–water partition coefficient (Wildman–Crippen LogP) is 2.92. The molecule has 0 atom stereocenters. The predicted molar refractivity (Wildman–Crippen MR) is 70.9 cm³/mol. The molecule has 5 heteroatoms. The highest BCUT2D eigenvalue weighted by atomic mass is 19.1. The van der Waals surface area contributed by atoms with Crippen LogP contribution in [0.15, 0.2) is 36.8 Å². The smallest absolute Gasteiger partial charge is 0.141 e. The van der Waals surface area contributed by atoms with E-state index in [1.807, 2.05) is 32.4 Å². The average molecular weight is 256 g/mol. The van der Waals surface area contributed by atoms with E-state index in [4.69, 9.17) is 0 Å². The Balaban J connectivity index is 2.14. The van der Waals surface area contributed by atoms with Crippen molar-refractivity contribution in [3.63, 3.8) is 0 Å². The maximum Gasteiger partial charge on any atom is 0.141 e. The molecule has 0 aliphatic heterocycles. The molecule has 3 aromatic rings. The molecule has 1 N–H and O–H groups in total. The molecule has 0 amide bonds. The van der Waals surface area contributed by atoms with Gasteiger partial charge in [-0.2, -0.15) is 5.10 Å². The molecule has 3 rings (SSSR count). The molecule has 4 nitrogen and oxygen atoms in total. The quantitative estimate of drug-likeness (QED) is 0.766. The van der Waals surface area contributed by atoms with Gasteiger partial charge in [0.15, 0.2) is 0 Å². The number of aryl methyl sites for hydroxylation is 2. The fraction of sp³-hybridized carbons (Fsp3) is 0.143. The van der Waals surface area contributed by atoms with E-state index in [1.54, 1.807) is 10.7 Å². The minimum atomic E-state index is -0.348. The molecule has 0 fully saturated rings. The van der Waals surface area contributed by atoms with Crippen molar-refractivity contribution in [2.45, 2.75) is 6.92 Å². The zero-order valence-electron chi connectivity index (χ0n) is 10.7. The van der Waals surface area contributed by atoms with Crippen LogP contribution < -0.4 is 0 Å². The first-order valence-corrected chi connectivity index (χ1v) is 5.94. The van der Waals surface area contributed by atoms with Gasteiger partial charge in [-0.15, -0.1) is 0 Å². The summed E-state index contributed by atoms with van der Waals surface area (Å²) in [7, 11) is 1.86. The molecule has 3 aromatic heterocycles. The number of aromatic amines is 1. The lowest BCUT2D eigenvalue weighted by atomic mass is 10.1. The maximum atomic E-state index is 12.9. The number of nitrogens with one attached hydrogen (secondary N) is 1. The Kier molecular flexibility index (Phi) is 2.67. The van der Waals surface area contributed by atoms with Crippen LogP contribution in [0.5, 0.6) is 0 Å². The summed E-state index contributed by atoms with van der Waals surface area (Å²) in [5, 5.41) is 4.41. The van der Waals surface area contributed by atoms with Crippen LogP contribution in [0.4, 0.5) is 4.39 Å². The second kappa shape index (κ2) is 4.35. The van der Waals surface area contributed by atoms with Crippen LogP contribution in [0.2, 0.25) is 0 Å². The number of halogens is 1. The van der Waals surface area contributed by atoms with Crippen LogP contribution in [0.25, 0.3) is 22.5 Å². The second-order valence-corrected chi connectivity index (χ2v) is 4.50. The minimum absolute atomic E-state index is 0.348. The Morgan fingerprint density at radius 1 is 1.32 bits per heavy atom. The molecule has 0 aliphatic carbocycles. The number of aromatic nitrogens is 4. The Morgan fingerprint density at radius 3 is 2.79 bits per heavy atom. The SMILES string of the molecule is Cc1cc(-c2cn(C)nc2-c2ccc(F)cn2)c[nH]1. The largest absolute Gasteiger partial charge is 0.365 e. The van der Waals surface area contributed by atoms with Crippen molar-refractivity contribution >= 4 is 0 Å². The lowest BCUT2D eigenvalue weighted by Gasteiger charge is -1.99. The molecule has 96 valence electrons. The summed E-state index contributed by atoms with van der Waals surface area (Å²) in [6.07, 6.45) is 5.07. The van der Waals surface area contributed by atoms with Gasteiger partial charge in [-0.1, -0.05) is 0 Å². The number of pyridine rings is 1. The van der Waals surface area contributed by atoms with E-state index in [2.05, 4.69) is 15.1 Å². The number of nitrogens with zero attached hydrogens (tertiary/aromatic N) is 3. The normalized spacial score (nSPS) is 10.9. The molecule has 0 saturated heterocycles. The van der Waals surface area contributed by atoms with E-state index >= 15 is 0 Å². The van der Waals surface area contributed by atoms with Crippen molar-refractivity contribution in [3.8, 4) is 22.5 Å². The summed E-state index contributed by atoms with van der Waals surface area (Å²) >= 11 is 0. The third kappa shape index (κ3) is 2.14. The second-order valence-electron chi connectivity index (χ2n) is 4.50. The van der Waals surface area contributed by atoms with Crippen molar-refractivity contribution < 1.29 is 4.39 Å². The Labute approximate surface area is 109 Å². The molecule has 0 radical (unpaired) electrons. The van der Waals surface area contributed by atoms with Gasteiger partial charge in [0, 0.05) is 36.3 Å². The third-order valence-corrected chi connectivity index (χ3v) is 2.94. The first-order chi connectivity index (χ1) is 9.13. The number of H-pyrrole nitrogens is 1. The summed E-state index contributed by atoms with van der Waals surface area (Å²) in [5.74, 6) is -0.348.